The van der Waals surface area contributed by atoms with Crippen molar-refractivity contribution < 1.29 is 14.1 Å². The summed E-state index contributed by atoms with van der Waals surface area (Å²) < 4.78 is 5.28. The number of carbonyl (C=O) groups is 2. The van der Waals surface area contributed by atoms with Gasteiger partial charge in [0.1, 0.15) is 6.54 Å². The molecule has 0 aliphatic rings. The summed E-state index contributed by atoms with van der Waals surface area (Å²) in [5.41, 5.74) is 4.08. The maximum atomic E-state index is 12.5. The Labute approximate surface area is 181 Å². The molecule has 0 saturated heterocycles. The van der Waals surface area contributed by atoms with E-state index in [4.69, 9.17) is 4.52 Å². The largest absolute Gasteiger partial charge is 0.334 e. The highest BCUT2D eigenvalue weighted by molar-refractivity contribution is 5.97. The van der Waals surface area contributed by atoms with Crippen LogP contribution in [0.5, 0.6) is 0 Å². The normalized spacial score (nSPS) is 10.8. The molecule has 8 nitrogen and oxygen atoms in total. The Morgan fingerprint density at radius 3 is 2.26 bits per heavy atom. The van der Waals surface area contributed by atoms with Crippen molar-refractivity contribution in [2.24, 2.45) is 0 Å². The van der Waals surface area contributed by atoms with Crippen LogP contribution in [-0.2, 0) is 4.79 Å². The number of amides is 3. The molecular weight excluding hydrogens is 394 g/mol. The van der Waals surface area contributed by atoms with Crippen molar-refractivity contribution in [1.82, 2.24) is 15.0 Å². The van der Waals surface area contributed by atoms with Crippen LogP contribution in [-0.4, -0.2) is 40.6 Å². The fourth-order valence-electron chi connectivity index (χ4n) is 2.98. The number of benzene rings is 2. The Hall–Kier alpha value is -3.68. The highest BCUT2D eigenvalue weighted by atomic mass is 16.5. The van der Waals surface area contributed by atoms with Gasteiger partial charge in [0.2, 0.25) is 5.91 Å². The van der Waals surface area contributed by atoms with E-state index >= 15 is 0 Å². The van der Waals surface area contributed by atoms with E-state index < -0.39 is 0 Å². The summed E-state index contributed by atoms with van der Waals surface area (Å²) in [6.45, 7) is 7.78. The maximum absolute atomic E-state index is 12.5. The smallest absolute Gasteiger partial charge is 0.322 e. The van der Waals surface area contributed by atoms with E-state index in [2.05, 4.69) is 20.8 Å². The van der Waals surface area contributed by atoms with E-state index in [1.165, 1.54) is 4.90 Å². The van der Waals surface area contributed by atoms with Crippen LogP contribution in [0.2, 0.25) is 0 Å². The minimum Gasteiger partial charge on any atom is -0.334 e. The van der Waals surface area contributed by atoms with Gasteiger partial charge in [-0.2, -0.15) is 4.98 Å². The number of likely N-dealkylation sites (N-methyl/N-ethyl adjacent to an activating group) is 1. The van der Waals surface area contributed by atoms with Gasteiger partial charge in [-0.3, -0.25) is 4.79 Å². The van der Waals surface area contributed by atoms with E-state index in [0.29, 0.717) is 17.4 Å². The third-order valence-electron chi connectivity index (χ3n) is 4.81. The number of hydrogen-bond donors (Lipinski definition) is 2. The number of aromatic nitrogens is 2. The van der Waals surface area contributed by atoms with Gasteiger partial charge in [0.05, 0.1) is 0 Å². The average Bonchev–Trinajstić information content (AvgIpc) is 3.22. The lowest BCUT2D eigenvalue weighted by atomic mass is 10.1. The molecule has 31 heavy (non-hydrogen) atoms. The van der Waals surface area contributed by atoms with Gasteiger partial charge in [-0.05, 0) is 49.2 Å². The predicted octanol–water partition coefficient (Wildman–Crippen LogP) is 4.58. The molecule has 0 fully saturated rings. The molecule has 0 bridgehead atoms. The van der Waals surface area contributed by atoms with Gasteiger partial charge >= 0.3 is 6.03 Å². The zero-order valence-electron chi connectivity index (χ0n) is 18.4. The molecule has 0 radical (unpaired) electrons. The number of carbonyl (C=O) groups excluding carboxylic acids is 2. The number of para-hydroxylation sites is 1. The summed E-state index contributed by atoms with van der Waals surface area (Å²) in [6.07, 6.45) is 0. The summed E-state index contributed by atoms with van der Waals surface area (Å²) in [5, 5.41) is 9.61. The highest BCUT2D eigenvalue weighted by Gasteiger charge is 2.15. The van der Waals surface area contributed by atoms with Crippen molar-refractivity contribution in [3.63, 3.8) is 0 Å². The van der Waals surface area contributed by atoms with Crippen LogP contribution in [0.15, 0.2) is 47.0 Å². The Balaban J connectivity index is 1.57. The molecule has 0 aliphatic carbocycles. The molecule has 1 heterocycles. The van der Waals surface area contributed by atoms with Crippen molar-refractivity contribution >= 4 is 23.3 Å². The van der Waals surface area contributed by atoms with Gasteiger partial charge in [0.15, 0.2) is 5.82 Å². The fraction of sp³-hybridized carbons (Fsp3) is 0.304. The molecule has 2 aromatic carbocycles. The number of anilines is 2. The molecule has 8 heteroatoms. The van der Waals surface area contributed by atoms with Gasteiger partial charge in [-0.1, -0.05) is 37.2 Å². The van der Waals surface area contributed by atoms with Crippen molar-refractivity contribution in [3.8, 4) is 11.5 Å². The molecule has 3 aromatic rings. The molecule has 3 rings (SSSR count). The summed E-state index contributed by atoms with van der Waals surface area (Å²) >= 11 is 0. The number of nitrogens with one attached hydrogen (secondary N) is 2. The molecule has 0 spiro atoms. The first kappa shape index (κ1) is 22.0. The number of rotatable bonds is 6. The number of urea groups is 1. The molecule has 0 atom stereocenters. The molecule has 0 unspecified atom stereocenters. The third kappa shape index (κ3) is 5.48. The highest BCUT2D eigenvalue weighted by Crippen LogP contribution is 2.22. The van der Waals surface area contributed by atoms with Gasteiger partial charge in [-0.25, -0.2) is 4.79 Å². The number of aryl methyl sites for hydroxylation is 2. The second kappa shape index (κ2) is 9.42. The molecule has 2 N–H and O–H groups in total. The third-order valence-corrected chi connectivity index (χ3v) is 4.81. The summed E-state index contributed by atoms with van der Waals surface area (Å²) in [7, 11) is 1.57. The first-order chi connectivity index (χ1) is 14.7. The minimum atomic E-state index is -0.385. The molecule has 0 saturated carbocycles. The first-order valence-electron chi connectivity index (χ1n) is 10.1. The Morgan fingerprint density at radius 1 is 1.03 bits per heavy atom. The topological polar surface area (TPSA) is 100 Å². The standard InChI is InChI=1S/C23H27N5O3/c1-14(2)21-26-22(31-27-21)17-9-11-18(12-10-17)24-23(30)28(5)13-19(29)25-20-15(3)7-6-8-16(20)4/h6-12,14H,13H2,1-5H3,(H,24,30)(H,25,29). The molecule has 0 aliphatic heterocycles. The van der Waals surface area contributed by atoms with E-state index in [0.717, 1.165) is 22.4 Å². The van der Waals surface area contributed by atoms with Gasteiger partial charge in [-0.15, -0.1) is 0 Å². The van der Waals surface area contributed by atoms with E-state index in [-0.39, 0.29) is 24.4 Å². The predicted molar refractivity (Wildman–Crippen MR) is 120 cm³/mol. The zero-order chi connectivity index (χ0) is 22.5. The number of hydrogen-bond acceptors (Lipinski definition) is 5. The second-order valence-corrected chi connectivity index (χ2v) is 7.79. The lowest BCUT2D eigenvalue weighted by molar-refractivity contribution is -0.116. The summed E-state index contributed by atoms with van der Waals surface area (Å²) in [5.74, 6) is 0.997. The van der Waals surface area contributed by atoms with Crippen LogP contribution in [0.4, 0.5) is 16.2 Å². The van der Waals surface area contributed by atoms with Crippen molar-refractivity contribution in [2.45, 2.75) is 33.6 Å². The van der Waals surface area contributed by atoms with Crippen LogP contribution < -0.4 is 10.6 Å². The van der Waals surface area contributed by atoms with Crippen LogP contribution in [0.1, 0.15) is 36.7 Å². The zero-order valence-corrected chi connectivity index (χ0v) is 18.4. The monoisotopic (exact) mass is 421 g/mol. The first-order valence-corrected chi connectivity index (χ1v) is 10.1. The van der Waals surface area contributed by atoms with Crippen LogP contribution in [0.25, 0.3) is 11.5 Å². The molecular formula is C23H27N5O3. The van der Waals surface area contributed by atoms with Gasteiger partial charge < -0.3 is 20.1 Å². The van der Waals surface area contributed by atoms with Crippen LogP contribution in [0, 0.1) is 13.8 Å². The van der Waals surface area contributed by atoms with Crippen LogP contribution in [0.3, 0.4) is 0 Å². The fourth-order valence-corrected chi connectivity index (χ4v) is 2.98. The maximum Gasteiger partial charge on any atom is 0.322 e. The van der Waals surface area contributed by atoms with Crippen LogP contribution >= 0.6 is 0 Å². The lowest BCUT2D eigenvalue weighted by Crippen LogP contribution is -2.37. The van der Waals surface area contributed by atoms with Crippen molar-refractivity contribution in [2.75, 3.05) is 24.2 Å². The van der Waals surface area contributed by atoms with Crippen molar-refractivity contribution in [3.05, 3.63) is 59.4 Å². The molecule has 3 amide bonds. The Kier molecular flexibility index (Phi) is 6.69. The van der Waals surface area contributed by atoms with E-state index in [1.807, 2.05) is 45.9 Å². The number of nitrogens with zero attached hydrogens (tertiary/aromatic N) is 3. The van der Waals surface area contributed by atoms with Gasteiger partial charge in [0, 0.05) is 29.9 Å². The SMILES string of the molecule is Cc1cccc(C)c1NC(=O)CN(C)C(=O)Nc1ccc(-c2nc(C(C)C)no2)cc1. The second-order valence-electron chi connectivity index (χ2n) is 7.79. The molecule has 1 aromatic heterocycles. The average molecular weight is 422 g/mol. The quantitative estimate of drug-likeness (QED) is 0.607. The van der Waals surface area contributed by atoms with Crippen molar-refractivity contribution in [1.29, 1.82) is 0 Å². The van der Waals surface area contributed by atoms with Gasteiger partial charge in [0.25, 0.3) is 5.89 Å². The minimum absolute atomic E-state index is 0.0718. The van der Waals surface area contributed by atoms with E-state index in [9.17, 15) is 9.59 Å². The Morgan fingerprint density at radius 2 is 1.68 bits per heavy atom. The summed E-state index contributed by atoms with van der Waals surface area (Å²) in [4.78, 5) is 30.5. The lowest BCUT2D eigenvalue weighted by Gasteiger charge is -2.18. The molecule has 162 valence electrons. The van der Waals surface area contributed by atoms with E-state index in [1.54, 1.807) is 31.3 Å². The Bertz CT molecular complexity index is 1050. The summed E-state index contributed by atoms with van der Waals surface area (Å²) in [6, 6.07) is 12.5.